The van der Waals surface area contributed by atoms with E-state index < -0.39 is 5.82 Å². The van der Waals surface area contributed by atoms with E-state index in [2.05, 4.69) is 42.6 Å². The van der Waals surface area contributed by atoms with Crippen molar-refractivity contribution >= 4 is 34.1 Å². The summed E-state index contributed by atoms with van der Waals surface area (Å²) >= 11 is 0. The normalized spacial score (nSPS) is 14.3. The number of carbonyl (C=O) groups excluding carboxylic acids is 1. The van der Waals surface area contributed by atoms with Crippen LogP contribution in [0.3, 0.4) is 0 Å². The minimum atomic E-state index is -0.418. The van der Waals surface area contributed by atoms with Crippen LogP contribution in [0.2, 0.25) is 0 Å². The largest absolute Gasteiger partial charge is 0.493 e. The molecule has 0 spiro atoms. The highest BCUT2D eigenvalue weighted by atomic mass is 19.1. The average Bonchev–Trinajstić information content (AvgIpc) is 3.38. The van der Waals surface area contributed by atoms with Gasteiger partial charge >= 0.3 is 0 Å². The Hall–Kier alpha value is -4.25. The maximum atomic E-state index is 13.4. The lowest BCUT2D eigenvalue weighted by atomic mass is 9.99. The molecule has 10 nitrogen and oxygen atoms in total. The van der Waals surface area contributed by atoms with Crippen molar-refractivity contribution in [1.82, 2.24) is 25.1 Å². The predicted molar refractivity (Wildman–Crippen MR) is 151 cm³/mol. The number of fused-ring (bicyclic) bond motifs is 1. The summed E-state index contributed by atoms with van der Waals surface area (Å²) in [6.45, 7) is 7.92. The molecular formula is C29H33FN7O3. The van der Waals surface area contributed by atoms with Gasteiger partial charge in [-0.1, -0.05) is 13.0 Å². The molecule has 3 N–H and O–H groups in total. The highest BCUT2D eigenvalue weighted by Gasteiger charge is 2.16. The summed E-state index contributed by atoms with van der Waals surface area (Å²) in [6, 6.07) is 11.1. The average molecular weight is 547 g/mol. The Kier molecular flexibility index (Phi) is 8.70. The first kappa shape index (κ1) is 27.3. The number of halogens is 1. The van der Waals surface area contributed by atoms with Crippen molar-refractivity contribution in [3.05, 3.63) is 67.2 Å². The van der Waals surface area contributed by atoms with Gasteiger partial charge in [-0.25, -0.2) is 14.4 Å². The number of aromatic amines is 1. The van der Waals surface area contributed by atoms with Gasteiger partial charge < -0.3 is 25.0 Å². The Balaban J connectivity index is 1.20. The second-order valence-corrected chi connectivity index (χ2v) is 9.87. The van der Waals surface area contributed by atoms with Crippen LogP contribution in [0, 0.1) is 18.7 Å². The number of piperidine rings is 1. The molecule has 0 aliphatic carbocycles. The monoisotopic (exact) mass is 546 g/mol. The Labute approximate surface area is 232 Å². The summed E-state index contributed by atoms with van der Waals surface area (Å²) in [5.41, 5.74) is 1.66. The smallest absolute Gasteiger partial charge is 0.230 e. The zero-order valence-electron chi connectivity index (χ0n) is 22.5. The van der Waals surface area contributed by atoms with Gasteiger partial charge in [0.2, 0.25) is 5.91 Å². The number of nitrogens with zero attached hydrogens (tertiary/aromatic N) is 4. The standard InChI is InChI=1S/C29H33FN7O3/c1-19-7-10-37(11-8-19)9-4-12-40-26-17-24-23(16-25(26)39-2)29(32-18-31-24)34-27-14-22(35-36-27)15-28(38)33-21-6-3-5-20(30)13-21/h3,5-6,13-14,16-19H,1,4,7-12,15H2,2H3,(H,33,38)(H2,31,32,34,35,36). The number of nitrogens with one attached hydrogen (secondary N) is 3. The predicted octanol–water partition coefficient (Wildman–Crippen LogP) is 4.74. The van der Waals surface area contributed by atoms with Crippen molar-refractivity contribution in [1.29, 1.82) is 0 Å². The van der Waals surface area contributed by atoms with E-state index in [0.717, 1.165) is 44.3 Å². The Morgan fingerprint density at radius 3 is 2.83 bits per heavy atom. The molecule has 1 aliphatic rings. The van der Waals surface area contributed by atoms with Crippen LogP contribution >= 0.6 is 0 Å². The number of ether oxygens (including phenoxy) is 2. The van der Waals surface area contributed by atoms with Gasteiger partial charge in [0.15, 0.2) is 17.3 Å². The van der Waals surface area contributed by atoms with Gasteiger partial charge in [-0.3, -0.25) is 9.89 Å². The van der Waals surface area contributed by atoms with Gasteiger partial charge in [0.1, 0.15) is 18.0 Å². The first-order chi connectivity index (χ1) is 19.5. The second kappa shape index (κ2) is 12.7. The van der Waals surface area contributed by atoms with E-state index in [4.69, 9.17) is 9.47 Å². The van der Waals surface area contributed by atoms with Gasteiger partial charge in [-0.2, -0.15) is 5.10 Å². The quantitative estimate of drug-likeness (QED) is 0.231. The van der Waals surface area contributed by atoms with Crippen LogP contribution in [-0.4, -0.2) is 64.3 Å². The summed E-state index contributed by atoms with van der Waals surface area (Å²) in [7, 11) is 1.60. The van der Waals surface area contributed by atoms with Crippen LogP contribution < -0.4 is 20.1 Å². The number of hydrogen-bond acceptors (Lipinski definition) is 8. The van der Waals surface area contributed by atoms with Gasteiger partial charge in [0.25, 0.3) is 0 Å². The molecule has 4 aromatic rings. The summed E-state index contributed by atoms with van der Waals surface area (Å²) in [4.78, 5) is 23.6. The van der Waals surface area contributed by atoms with Crippen LogP contribution in [-0.2, 0) is 11.2 Å². The third-order valence-electron chi connectivity index (χ3n) is 6.84. The summed E-state index contributed by atoms with van der Waals surface area (Å²) in [5, 5.41) is 13.7. The fraction of sp³-hybridized carbons (Fsp3) is 0.345. The summed E-state index contributed by atoms with van der Waals surface area (Å²) < 4.78 is 25.1. The second-order valence-electron chi connectivity index (χ2n) is 9.87. The number of anilines is 3. The van der Waals surface area contributed by atoms with Gasteiger partial charge in [0.05, 0.1) is 25.7 Å². The highest BCUT2D eigenvalue weighted by molar-refractivity contribution is 5.93. The number of methoxy groups -OCH3 is 1. The van der Waals surface area contributed by atoms with Crippen molar-refractivity contribution in [3.63, 3.8) is 0 Å². The van der Waals surface area contributed by atoms with Crippen LogP contribution in [0.5, 0.6) is 11.5 Å². The van der Waals surface area contributed by atoms with Crippen LogP contribution in [0.15, 0.2) is 48.8 Å². The molecule has 5 rings (SSSR count). The van der Waals surface area contributed by atoms with Crippen molar-refractivity contribution < 1.29 is 18.7 Å². The number of likely N-dealkylation sites (tertiary alicyclic amines) is 1. The molecule has 209 valence electrons. The van der Waals surface area contributed by atoms with Crippen molar-refractivity contribution in [2.45, 2.75) is 25.7 Å². The van der Waals surface area contributed by atoms with E-state index in [1.807, 2.05) is 12.1 Å². The van der Waals surface area contributed by atoms with Crippen molar-refractivity contribution in [2.75, 3.05) is 44.0 Å². The lowest BCUT2D eigenvalue weighted by Crippen LogP contribution is -2.34. The third kappa shape index (κ3) is 7.03. The van der Waals surface area contributed by atoms with Crippen molar-refractivity contribution in [3.8, 4) is 11.5 Å². The molecule has 1 amide bonds. The lowest BCUT2D eigenvalue weighted by Gasteiger charge is -2.29. The van der Waals surface area contributed by atoms with E-state index in [0.29, 0.717) is 52.6 Å². The summed E-state index contributed by atoms with van der Waals surface area (Å²) in [5.74, 6) is 2.09. The number of H-pyrrole nitrogens is 1. The van der Waals surface area contributed by atoms with Crippen molar-refractivity contribution in [2.24, 2.45) is 5.92 Å². The van der Waals surface area contributed by atoms with Crippen LogP contribution in [0.1, 0.15) is 25.0 Å². The first-order valence-electron chi connectivity index (χ1n) is 13.3. The highest BCUT2D eigenvalue weighted by Crippen LogP contribution is 2.34. The van der Waals surface area contributed by atoms with E-state index in [-0.39, 0.29) is 12.3 Å². The summed E-state index contributed by atoms with van der Waals surface area (Å²) in [6.07, 6.45) is 4.73. The maximum Gasteiger partial charge on any atom is 0.230 e. The minimum absolute atomic E-state index is 0.0400. The van der Waals surface area contributed by atoms with Crippen LogP contribution in [0.4, 0.5) is 21.7 Å². The number of rotatable bonds is 11. The van der Waals surface area contributed by atoms with E-state index >= 15 is 0 Å². The molecule has 40 heavy (non-hydrogen) atoms. The first-order valence-corrected chi connectivity index (χ1v) is 13.3. The zero-order chi connectivity index (χ0) is 27.9. The molecule has 1 aliphatic heterocycles. The molecule has 0 unspecified atom stereocenters. The zero-order valence-corrected chi connectivity index (χ0v) is 22.5. The van der Waals surface area contributed by atoms with Crippen LogP contribution in [0.25, 0.3) is 10.9 Å². The van der Waals surface area contributed by atoms with E-state index in [1.165, 1.54) is 24.5 Å². The van der Waals surface area contributed by atoms with E-state index in [9.17, 15) is 9.18 Å². The maximum absolute atomic E-state index is 13.4. The molecule has 11 heteroatoms. The van der Waals surface area contributed by atoms with Gasteiger partial charge in [-0.05, 0) is 62.5 Å². The molecule has 0 atom stereocenters. The number of aromatic nitrogens is 4. The number of hydrogen-bond donors (Lipinski definition) is 3. The Bertz CT molecular complexity index is 1450. The molecular weight excluding hydrogens is 513 g/mol. The van der Waals surface area contributed by atoms with Gasteiger partial charge in [0, 0.05) is 35.4 Å². The Morgan fingerprint density at radius 1 is 1.18 bits per heavy atom. The number of benzene rings is 2. The topological polar surface area (TPSA) is 117 Å². The molecule has 2 aromatic carbocycles. The Morgan fingerprint density at radius 2 is 2.02 bits per heavy atom. The molecule has 3 heterocycles. The number of amides is 1. The molecule has 1 fully saturated rings. The van der Waals surface area contributed by atoms with E-state index in [1.54, 1.807) is 19.2 Å². The fourth-order valence-electron chi connectivity index (χ4n) is 4.70. The number of carbonyl (C=O) groups is 1. The third-order valence-corrected chi connectivity index (χ3v) is 6.84. The molecule has 2 aromatic heterocycles. The minimum Gasteiger partial charge on any atom is -0.493 e. The molecule has 0 saturated carbocycles. The fourth-order valence-corrected chi connectivity index (χ4v) is 4.70. The molecule has 0 bridgehead atoms. The van der Waals surface area contributed by atoms with Gasteiger partial charge in [-0.15, -0.1) is 0 Å². The molecule has 1 saturated heterocycles. The SMILES string of the molecule is [CH2]C1CCN(CCCOc2cc3ncnc(Nc4cc(CC(=O)Nc5cccc(F)c5)[nH]n4)c3cc2OC)CC1. The molecule has 1 radical (unpaired) electrons. The lowest BCUT2D eigenvalue weighted by molar-refractivity contribution is -0.115.